The van der Waals surface area contributed by atoms with Crippen LogP contribution in [0.15, 0.2) is 48.5 Å². The van der Waals surface area contributed by atoms with Crippen molar-refractivity contribution < 1.29 is 9.53 Å². The van der Waals surface area contributed by atoms with Gasteiger partial charge in [0.2, 0.25) is 0 Å². The van der Waals surface area contributed by atoms with E-state index in [0.29, 0.717) is 17.1 Å². The number of anilines is 1. The zero-order valence-corrected chi connectivity index (χ0v) is 11.9. The van der Waals surface area contributed by atoms with Crippen LogP contribution < -0.4 is 10.1 Å². The lowest BCUT2D eigenvalue weighted by Crippen LogP contribution is -2.12. The number of amides is 1. The molecule has 2 N–H and O–H groups in total. The number of carbonyl (C=O) groups is 1. The average molecular weight is 280 g/mol. The Labute approximate surface area is 122 Å². The van der Waals surface area contributed by atoms with Crippen molar-refractivity contribution in [3.05, 3.63) is 59.8 Å². The lowest BCUT2D eigenvalue weighted by atomic mass is 10.2. The van der Waals surface area contributed by atoms with Crippen molar-refractivity contribution in [1.29, 1.82) is 0 Å². The number of aromatic amines is 1. The first-order valence-electron chi connectivity index (χ1n) is 6.70. The predicted octanol–water partition coefficient (Wildman–Crippen LogP) is 3.74. The number of carbonyl (C=O) groups excluding carboxylic acids is 1. The first-order chi connectivity index (χ1) is 10.2. The molecular formula is C17H16N2O2. The Morgan fingerprint density at radius 2 is 2.00 bits per heavy atom. The number of ether oxygens (including phenoxy) is 1. The zero-order chi connectivity index (χ0) is 14.8. The van der Waals surface area contributed by atoms with Crippen LogP contribution in [0.4, 0.5) is 5.69 Å². The van der Waals surface area contributed by atoms with Gasteiger partial charge in [0.05, 0.1) is 7.11 Å². The molecule has 0 bridgehead atoms. The van der Waals surface area contributed by atoms with Gasteiger partial charge in [-0.25, -0.2) is 0 Å². The molecule has 2 aromatic carbocycles. The molecule has 0 atom stereocenters. The van der Waals surface area contributed by atoms with E-state index in [4.69, 9.17) is 4.74 Å². The lowest BCUT2D eigenvalue weighted by molar-refractivity contribution is 0.102. The van der Waals surface area contributed by atoms with Crippen LogP contribution in [-0.4, -0.2) is 18.0 Å². The molecule has 0 unspecified atom stereocenters. The van der Waals surface area contributed by atoms with Crippen molar-refractivity contribution in [2.75, 3.05) is 12.4 Å². The minimum atomic E-state index is -0.169. The molecule has 106 valence electrons. The Hall–Kier alpha value is -2.75. The molecule has 1 heterocycles. The first-order valence-corrected chi connectivity index (χ1v) is 6.70. The number of H-pyrrole nitrogens is 1. The molecule has 4 nitrogen and oxygen atoms in total. The highest BCUT2D eigenvalue weighted by Crippen LogP contribution is 2.20. The Balaban J connectivity index is 1.86. The summed E-state index contributed by atoms with van der Waals surface area (Å²) in [4.78, 5) is 15.4. The summed E-state index contributed by atoms with van der Waals surface area (Å²) in [7, 11) is 1.60. The number of rotatable bonds is 3. The largest absolute Gasteiger partial charge is 0.497 e. The first kappa shape index (κ1) is 13.2. The van der Waals surface area contributed by atoms with E-state index < -0.39 is 0 Å². The summed E-state index contributed by atoms with van der Waals surface area (Å²) in [6, 6.07) is 15.2. The van der Waals surface area contributed by atoms with E-state index in [1.165, 1.54) is 5.56 Å². The second kappa shape index (κ2) is 5.32. The Kier molecular flexibility index (Phi) is 3.36. The fourth-order valence-corrected chi connectivity index (χ4v) is 2.27. The van der Waals surface area contributed by atoms with Crippen LogP contribution in [0, 0.1) is 6.92 Å². The molecule has 0 aliphatic rings. The smallest absolute Gasteiger partial charge is 0.272 e. The van der Waals surface area contributed by atoms with Gasteiger partial charge < -0.3 is 15.0 Å². The van der Waals surface area contributed by atoms with Gasteiger partial charge in [-0.2, -0.15) is 0 Å². The van der Waals surface area contributed by atoms with Crippen molar-refractivity contribution in [1.82, 2.24) is 4.98 Å². The second-order valence-electron chi connectivity index (χ2n) is 4.96. The molecule has 0 spiro atoms. The van der Waals surface area contributed by atoms with Crippen LogP contribution in [-0.2, 0) is 0 Å². The topological polar surface area (TPSA) is 54.1 Å². The quantitative estimate of drug-likeness (QED) is 0.768. The highest BCUT2D eigenvalue weighted by molar-refractivity contribution is 6.06. The maximum Gasteiger partial charge on any atom is 0.272 e. The molecule has 0 radical (unpaired) electrons. The number of nitrogens with one attached hydrogen (secondary N) is 2. The molecule has 1 aromatic heterocycles. The predicted molar refractivity (Wildman–Crippen MR) is 84.0 cm³/mol. The highest BCUT2D eigenvalue weighted by atomic mass is 16.5. The molecule has 0 aliphatic carbocycles. The van der Waals surface area contributed by atoms with E-state index >= 15 is 0 Å². The molecule has 3 aromatic rings. The molecule has 21 heavy (non-hydrogen) atoms. The number of aromatic nitrogens is 1. The van der Waals surface area contributed by atoms with Gasteiger partial charge in [-0.3, -0.25) is 4.79 Å². The van der Waals surface area contributed by atoms with E-state index in [1.54, 1.807) is 13.2 Å². The third kappa shape index (κ3) is 2.74. The molecule has 0 aliphatic heterocycles. The van der Waals surface area contributed by atoms with Crippen molar-refractivity contribution in [2.24, 2.45) is 0 Å². The summed E-state index contributed by atoms with van der Waals surface area (Å²) in [5.74, 6) is 0.539. The van der Waals surface area contributed by atoms with Gasteiger partial charge in [0.25, 0.3) is 5.91 Å². The highest BCUT2D eigenvalue weighted by Gasteiger charge is 2.10. The molecule has 4 heteroatoms. The van der Waals surface area contributed by atoms with E-state index in [2.05, 4.69) is 10.3 Å². The monoisotopic (exact) mass is 280 g/mol. The molecule has 1 amide bonds. The minimum absolute atomic E-state index is 0.169. The summed E-state index contributed by atoms with van der Waals surface area (Å²) in [5.41, 5.74) is 3.37. The van der Waals surface area contributed by atoms with Gasteiger partial charge in [0.1, 0.15) is 11.4 Å². The Bertz CT molecular complexity index is 805. The van der Waals surface area contributed by atoms with Gasteiger partial charge in [-0.15, -0.1) is 0 Å². The van der Waals surface area contributed by atoms with Crippen molar-refractivity contribution in [3.8, 4) is 5.75 Å². The van der Waals surface area contributed by atoms with Gasteiger partial charge in [-0.1, -0.05) is 17.7 Å². The van der Waals surface area contributed by atoms with Crippen LogP contribution in [0.1, 0.15) is 16.1 Å². The number of hydrogen-bond donors (Lipinski definition) is 2. The second-order valence-corrected chi connectivity index (χ2v) is 4.96. The van der Waals surface area contributed by atoms with Crippen molar-refractivity contribution in [3.63, 3.8) is 0 Å². The Morgan fingerprint density at radius 3 is 2.81 bits per heavy atom. The third-order valence-corrected chi connectivity index (χ3v) is 3.35. The maximum atomic E-state index is 12.3. The Morgan fingerprint density at radius 1 is 1.14 bits per heavy atom. The van der Waals surface area contributed by atoms with Gasteiger partial charge in [0, 0.05) is 22.7 Å². The SMILES string of the molecule is COc1cccc(NC(=O)c2cc3cc(C)ccc3[nH]2)c1. The fourth-order valence-electron chi connectivity index (χ4n) is 2.27. The van der Waals surface area contributed by atoms with Crippen molar-refractivity contribution >= 4 is 22.5 Å². The number of fused-ring (bicyclic) bond motifs is 1. The fraction of sp³-hybridized carbons (Fsp3) is 0.118. The van der Waals surface area contributed by atoms with E-state index in [-0.39, 0.29) is 5.91 Å². The van der Waals surface area contributed by atoms with Crippen LogP contribution in [0.25, 0.3) is 10.9 Å². The summed E-state index contributed by atoms with van der Waals surface area (Å²) in [6.45, 7) is 2.03. The maximum absolute atomic E-state index is 12.3. The standard InChI is InChI=1S/C17H16N2O2/c1-11-6-7-15-12(8-11)9-16(19-15)17(20)18-13-4-3-5-14(10-13)21-2/h3-10,19H,1-2H3,(H,18,20). The summed E-state index contributed by atoms with van der Waals surface area (Å²) in [6.07, 6.45) is 0. The van der Waals surface area contributed by atoms with Crippen molar-refractivity contribution in [2.45, 2.75) is 6.92 Å². The van der Waals surface area contributed by atoms with E-state index in [0.717, 1.165) is 10.9 Å². The van der Waals surface area contributed by atoms with Gasteiger partial charge in [0.15, 0.2) is 0 Å². The number of benzene rings is 2. The van der Waals surface area contributed by atoms with Crippen LogP contribution in [0.2, 0.25) is 0 Å². The van der Waals surface area contributed by atoms with E-state index in [9.17, 15) is 4.79 Å². The van der Waals surface area contributed by atoms with Crippen LogP contribution >= 0.6 is 0 Å². The zero-order valence-electron chi connectivity index (χ0n) is 11.9. The molecule has 3 rings (SSSR count). The number of hydrogen-bond acceptors (Lipinski definition) is 2. The summed E-state index contributed by atoms with van der Waals surface area (Å²) >= 11 is 0. The minimum Gasteiger partial charge on any atom is -0.497 e. The molecule has 0 saturated heterocycles. The van der Waals surface area contributed by atoms with Crippen LogP contribution in [0.3, 0.4) is 0 Å². The normalized spacial score (nSPS) is 10.6. The van der Waals surface area contributed by atoms with Gasteiger partial charge in [-0.05, 0) is 37.3 Å². The van der Waals surface area contributed by atoms with Crippen LogP contribution in [0.5, 0.6) is 5.75 Å². The third-order valence-electron chi connectivity index (χ3n) is 3.35. The number of aryl methyl sites for hydroxylation is 1. The lowest BCUT2D eigenvalue weighted by Gasteiger charge is -2.05. The number of methoxy groups -OCH3 is 1. The van der Waals surface area contributed by atoms with Gasteiger partial charge >= 0.3 is 0 Å². The summed E-state index contributed by atoms with van der Waals surface area (Å²) < 4.78 is 5.14. The van der Waals surface area contributed by atoms with E-state index in [1.807, 2.05) is 49.4 Å². The molecule has 0 fully saturated rings. The average Bonchev–Trinajstić information content (AvgIpc) is 2.90. The molecular weight excluding hydrogens is 264 g/mol. The molecule has 0 saturated carbocycles. The summed E-state index contributed by atoms with van der Waals surface area (Å²) in [5, 5.41) is 3.89.